The molecule has 0 radical (unpaired) electrons. The van der Waals surface area contributed by atoms with E-state index < -0.39 is 12.0 Å². The Bertz CT molecular complexity index is 628. The molecule has 4 N–H and O–H groups in total. The quantitative estimate of drug-likeness (QED) is 0.724. The number of para-hydroxylation sites is 1. The van der Waals surface area contributed by atoms with Gasteiger partial charge in [-0.05, 0) is 11.1 Å². The monoisotopic (exact) mass is 301 g/mol. The Morgan fingerprint density at radius 1 is 1.09 bits per heavy atom. The van der Waals surface area contributed by atoms with Crippen molar-refractivity contribution < 1.29 is 19.7 Å². The highest BCUT2D eigenvalue weighted by molar-refractivity contribution is 5.73. The Morgan fingerprint density at radius 2 is 1.77 bits per heavy atom. The van der Waals surface area contributed by atoms with Gasteiger partial charge in [-0.25, -0.2) is 0 Å². The molecule has 22 heavy (non-hydrogen) atoms. The second-order valence-corrected chi connectivity index (χ2v) is 4.99. The molecule has 0 amide bonds. The van der Waals surface area contributed by atoms with Gasteiger partial charge in [0.2, 0.25) is 0 Å². The number of aliphatic hydroxyl groups is 1. The molecular formula is C17H19NO4. The first-order valence-corrected chi connectivity index (χ1v) is 6.98. The lowest BCUT2D eigenvalue weighted by Gasteiger charge is -2.16. The highest BCUT2D eigenvalue weighted by Gasteiger charge is 2.17. The third-order valence-corrected chi connectivity index (χ3v) is 3.33. The number of hydrogen-bond donors (Lipinski definition) is 3. The smallest absolute Gasteiger partial charge is 0.320 e. The van der Waals surface area contributed by atoms with Crippen molar-refractivity contribution in [3.05, 3.63) is 65.2 Å². The van der Waals surface area contributed by atoms with Crippen LogP contribution in [0.15, 0.2) is 48.5 Å². The number of nitrogens with two attached hydrogens (primary N) is 1. The van der Waals surface area contributed by atoms with E-state index in [9.17, 15) is 9.90 Å². The molecule has 0 spiro atoms. The first-order valence-electron chi connectivity index (χ1n) is 6.98. The first-order chi connectivity index (χ1) is 10.6. The van der Waals surface area contributed by atoms with E-state index in [2.05, 4.69) is 0 Å². The van der Waals surface area contributed by atoms with E-state index in [1.807, 2.05) is 30.3 Å². The van der Waals surface area contributed by atoms with Crippen LogP contribution in [-0.4, -0.2) is 22.2 Å². The first kappa shape index (κ1) is 16.0. The standard InChI is InChI=1S/C17H19NO4/c18-15(17(20)21)9-13-7-4-8-14(10-19)16(13)22-11-12-5-2-1-3-6-12/h1-8,15,19H,9-11,18H2,(H,20,21)/t15-/m0/s1. The molecule has 2 rings (SSSR count). The Morgan fingerprint density at radius 3 is 2.41 bits per heavy atom. The van der Waals surface area contributed by atoms with Crippen molar-refractivity contribution in [2.75, 3.05) is 0 Å². The molecule has 5 nitrogen and oxygen atoms in total. The number of carbonyl (C=O) groups is 1. The molecule has 5 heteroatoms. The fraction of sp³-hybridized carbons (Fsp3) is 0.235. The van der Waals surface area contributed by atoms with Gasteiger partial charge in [0.25, 0.3) is 0 Å². The van der Waals surface area contributed by atoms with Crippen molar-refractivity contribution in [2.24, 2.45) is 5.73 Å². The molecule has 0 heterocycles. The zero-order valence-corrected chi connectivity index (χ0v) is 12.1. The number of benzene rings is 2. The van der Waals surface area contributed by atoms with Crippen molar-refractivity contribution in [3.8, 4) is 5.75 Å². The predicted molar refractivity (Wildman–Crippen MR) is 82.5 cm³/mol. The van der Waals surface area contributed by atoms with E-state index >= 15 is 0 Å². The van der Waals surface area contributed by atoms with Crippen LogP contribution in [0.25, 0.3) is 0 Å². The van der Waals surface area contributed by atoms with Crippen LogP contribution in [-0.2, 0) is 24.4 Å². The van der Waals surface area contributed by atoms with Crippen LogP contribution in [0.4, 0.5) is 0 Å². The highest BCUT2D eigenvalue weighted by atomic mass is 16.5. The summed E-state index contributed by atoms with van der Waals surface area (Å²) in [6, 6.07) is 13.9. The maximum Gasteiger partial charge on any atom is 0.320 e. The third kappa shape index (κ3) is 4.07. The number of rotatable bonds is 7. The molecule has 2 aromatic carbocycles. The number of carboxylic acids is 1. The fourth-order valence-electron chi connectivity index (χ4n) is 2.16. The molecule has 0 bridgehead atoms. The molecule has 2 aromatic rings. The molecule has 0 unspecified atom stereocenters. The summed E-state index contributed by atoms with van der Waals surface area (Å²) in [6.45, 7) is 0.160. The second kappa shape index (κ2) is 7.59. The zero-order chi connectivity index (χ0) is 15.9. The van der Waals surface area contributed by atoms with Crippen LogP contribution < -0.4 is 10.5 Å². The van der Waals surface area contributed by atoms with Gasteiger partial charge < -0.3 is 20.7 Å². The van der Waals surface area contributed by atoms with Gasteiger partial charge in [0.05, 0.1) is 6.61 Å². The minimum atomic E-state index is -1.07. The molecule has 0 aromatic heterocycles. The number of ether oxygens (including phenoxy) is 1. The largest absolute Gasteiger partial charge is 0.488 e. The van der Waals surface area contributed by atoms with E-state index in [1.165, 1.54) is 0 Å². The van der Waals surface area contributed by atoms with Gasteiger partial charge >= 0.3 is 5.97 Å². The SMILES string of the molecule is N[C@@H](Cc1cccc(CO)c1OCc1ccccc1)C(=O)O. The van der Waals surface area contributed by atoms with Gasteiger partial charge in [-0.15, -0.1) is 0 Å². The van der Waals surface area contributed by atoms with Crippen molar-refractivity contribution in [1.29, 1.82) is 0 Å². The fourth-order valence-corrected chi connectivity index (χ4v) is 2.16. The van der Waals surface area contributed by atoms with Gasteiger partial charge in [0.15, 0.2) is 0 Å². The minimum absolute atomic E-state index is 0.146. The number of aliphatic carboxylic acids is 1. The predicted octanol–water partition coefficient (Wildman–Crippen LogP) is 1.71. The summed E-state index contributed by atoms with van der Waals surface area (Å²) < 4.78 is 5.82. The molecule has 0 fully saturated rings. The van der Waals surface area contributed by atoms with E-state index in [-0.39, 0.29) is 13.0 Å². The van der Waals surface area contributed by atoms with E-state index in [4.69, 9.17) is 15.6 Å². The van der Waals surface area contributed by atoms with Gasteiger partial charge in [-0.3, -0.25) is 4.79 Å². The average Bonchev–Trinajstić information content (AvgIpc) is 2.54. The van der Waals surface area contributed by atoms with Crippen molar-refractivity contribution >= 4 is 5.97 Å². The summed E-state index contributed by atoms with van der Waals surface area (Å²) in [5, 5.41) is 18.4. The number of aliphatic hydroxyl groups excluding tert-OH is 1. The van der Waals surface area contributed by atoms with Gasteiger partial charge in [-0.1, -0.05) is 48.5 Å². The third-order valence-electron chi connectivity index (χ3n) is 3.33. The van der Waals surface area contributed by atoms with Gasteiger partial charge in [-0.2, -0.15) is 0 Å². The lowest BCUT2D eigenvalue weighted by Crippen LogP contribution is -2.32. The summed E-state index contributed by atoms with van der Waals surface area (Å²) in [5.41, 5.74) is 7.88. The Balaban J connectivity index is 2.21. The van der Waals surface area contributed by atoms with Gasteiger partial charge in [0, 0.05) is 12.0 Å². The van der Waals surface area contributed by atoms with Crippen molar-refractivity contribution in [2.45, 2.75) is 25.7 Å². The Hall–Kier alpha value is -2.37. The zero-order valence-electron chi connectivity index (χ0n) is 12.1. The molecule has 1 atom stereocenters. The van der Waals surface area contributed by atoms with Crippen LogP contribution in [0, 0.1) is 0 Å². The van der Waals surface area contributed by atoms with Crippen LogP contribution >= 0.6 is 0 Å². The van der Waals surface area contributed by atoms with E-state index in [0.717, 1.165) is 5.56 Å². The molecule has 116 valence electrons. The average molecular weight is 301 g/mol. The lowest BCUT2D eigenvalue weighted by molar-refractivity contribution is -0.138. The van der Waals surface area contributed by atoms with Crippen molar-refractivity contribution in [1.82, 2.24) is 0 Å². The second-order valence-electron chi connectivity index (χ2n) is 4.99. The molecule has 0 aliphatic heterocycles. The number of carboxylic acid groups (broad SMARTS) is 1. The highest BCUT2D eigenvalue weighted by Crippen LogP contribution is 2.26. The summed E-state index contributed by atoms with van der Waals surface area (Å²) in [7, 11) is 0. The summed E-state index contributed by atoms with van der Waals surface area (Å²) >= 11 is 0. The molecule has 0 saturated carbocycles. The maximum absolute atomic E-state index is 10.9. The molecule has 0 aliphatic carbocycles. The van der Waals surface area contributed by atoms with Crippen LogP contribution in [0.3, 0.4) is 0 Å². The minimum Gasteiger partial charge on any atom is -0.488 e. The maximum atomic E-state index is 10.9. The van der Waals surface area contributed by atoms with Crippen LogP contribution in [0.1, 0.15) is 16.7 Å². The summed E-state index contributed by atoms with van der Waals surface area (Å²) in [5.74, 6) is -0.561. The van der Waals surface area contributed by atoms with Crippen molar-refractivity contribution in [3.63, 3.8) is 0 Å². The Labute approximate surface area is 129 Å². The van der Waals surface area contributed by atoms with E-state index in [1.54, 1.807) is 18.2 Å². The van der Waals surface area contributed by atoms with Crippen LogP contribution in [0.2, 0.25) is 0 Å². The Kier molecular flexibility index (Phi) is 5.52. The lowest BCUT2D eigenvalue weighted by atomic mass is 10.0. The molecular weight excluding hydrogens is 282 g/mol. The summed E-state index contributed by atoms with van der Waals surface area (Å²) in [6.07, 6.45) is 0.146. The normalized spacial score (nSPS) is 11.9. The van der Waals surface area contributed by atoms with Gasteiger partial charge in [0.1, 0.15) is 18.4 Å². The number of hydrogen-bond acceptors (Lipinski definition) is 4. The van der Waals surface area contributed by atoms with Crippen LogP contribution in [0.5, 0.6) is 5.75 Å². The summed E-state index contributed by atoms with van der Waals surface area (Å²) in [4.78, 5) is 10.9. The topological polar surface area (TPSA) is 92.8 Å². The molecule has 0 aliphatic rings. The molecule has 0 saturated heterocycles. The van der Waals surface area contributed by atoms with E-state index in [0.29, 0.717) is 23.5 Å².